The molecule has 0 aromatic heterocycles. The maximum atomic E-state index is 12.6. The van der Waals surface area contributed by atoms with Gasteiger partial charge in [-0.1, -0.05) is 30.3 Å². The number of benzene rings is 2. The van der Waals surface area contributed by atoms with E-state index in [9.17, 15) is 9.59 Å². The highest BCUT2D eigenvalue weighted by Crippen LogP contribution is 2.19. The summed E-state index contributed by atoms with van der Waals surface area (Å²) in [5.74, 6) is 1.81. The van der Waals surface area contributed by atoms with E-state index in [0.717, 1.165) is 22.6 Å². The van der Waals surface area contributed by atoms with E-state index < -0.39 is 0 Å². The first kappa shape index (κ1) is 20.7. The predicted octanol–water partition coefficient (Wildman–Crippen LogP) is 2.55. The maximum Gasteiger partial charge on any atom is 0.227 e. The van der Waals surface area contributed by atoms with Gasteiger partial charge in [0.2, 0.25) is 11.8 Å². The molecular formula is C23H28N2O4. The van der Waals surface area contributed by atoms with Crippen molar-refractivity contribution in [1.29, 1.82) is 0 Å². The molecule has 0 atom stereocenters. The lowest BCUT2D eigenvalue weighted by Gasteiger charge is -2.35. The zero-order chi connectivity index (χ0) is 20.6. The molecule has 0 spiro atoms. The Kier molecular flexibility index (Phi) is 7.11. The van der Waals surface area contributed by atoms with Gasteiger partial charge in [-0.15, -0.1) is 0 Å². The number of para-hydroxylation sites is 1. The number of piperazine rings is 1. The minimum absolute atomic E-state index is 0.0938. The van der Waals surface area contributed by atoms with Gasteiger partial charge in [0.1, 0.15) is 11.5 Å². The average Bonchev–Trinajstić information content (AvgIpc) is 2.78. The van der Waals surface area contributed by atoms with Gasteiger partial charge in [0.05, 0.1) is 20.6 Å². The van der Waals surface area contributed by atoms with Crippen LogP contribution >= 0.6 is 0 Å². The van der Waals surface area contributed by atoms with Crippen LogP contribution in [0.25, 0.3) is 0 Å². The lowest BCUT2D eigenvalue weighted by Crippen LogP contribution is -2.51. The van der Waals surface area contributed by atoms with E-state index in [1.54, 1.807) is 14.2 Å². The standard InChI is InChI=1S/C23H28N2O4/c1-28-20-10-7-18(8-11-20)17-23(27)25-15-13-24(14-16-25)22(26)12-9-19-5-3-4-6-21(19)29-2/h3-8,10-11H,9,12-17H2,1-2H3. The minimum Gasteiger partial charge on any atom is -0.497 e. The lowest BCUT2D eigenvalue weighted by atomic mass is 10.1. The molecule has 0 aliphatic carbocycles. The Morgan fingerprint density at radius 2 is 1.45 bits per heavy atom. The smallest absolute Gasteiger partial charge is 0.227 e. The van der Waals surface area contributed by atoms with Crippen molar-refractivity contribution in [2.75, 3.05) is 40.4 Å². The van der Waals surface area contributed by atoms with Crippen molar-refractivity contribution in [3.63, 3.8) is 0 Å². The molecule has 6 nitrogen and oxygen atoms in total. The average molecular weight is 396 g/mol. The number of ether oxygens (including phenoxy) is 2. The number of methoxy groups -OCH3 is 2. The molecule has 0 saturated carbocycles. The SMILES string of the molecule is COc1ccc(CC(=O)N2CCN(C(=O)CCc3ccccc3OC)CC2)cc1. The number of carbonyl (C=O) groups is 2. The summed E-state index contributed by atoms with van der Waals surface area (Å²) in [5.41, 5.74) is 2.00. The molecular weight excluding hydrogens is 368 g/mol. The highest BCUT2D eigenvalue weighted by Gasteiger charge is 2.24. The molecule has 2 aromatic rings. The van der Waals surface area contributed by atoms with Gasteiger partial charge in [0.25, 0.3) is 0 Å². The van der Waals surface area contributed by atoms with Crippen molar-refractivity contribution in [3.8, 4) is 11.5 Å². The zero-order valence-corrected chi connectivity index (χ0v) is 17.1. The molecule has 1 aliphatic rings. The first-order valence-electron chi connectivity index (χ1n) is 9.91. The van der Waals surface area contributed by atoms with E-state index in [-0.39, 0.29) is 11.8 Å². The van der Waals surface area contributed by atoms with Crippen molar-refractivity contribution in [1.82, 2.24) is 9.80 Å². The van der Waals surface area contributed by atoms with Gasteiger partial charge in [-0.2, -0.15) is 0 Å². The summed E-state index contributed by atoms with van der Waals surface area (Å²) in [5, 5.41) is 0. The molecule has 0 N–H and O–H groups in total. The number of nitrogens with zero attached hydrogens (tertiary/aromatic N) is 2. The van der Waals surface area contributed by atoms with Crippen LogP contribution in [0.3, 0.4) is 0 Å². The van der Waals surface area contributed by atoms with Crippen LogP contribution in [-0.2, 0) is 22.4 Å². The van der Waals surface area contributed by atoms with Crippen molar-refractivity contribution in [2.45, 2.75) is 19.3 Å². The normalized spacial score (nSPS) is 13.9. The summed E-state index contributed by atoms with van der Waals surface area (Å²) in [6.45, 7) is 2.32. The summed E-state index contributed by atoms with van der Waals surface area (Å²) in [6, 6.07) is 15.3. The van der Waals surface area contributed by atoms with Gasteiger partial charge in [-0.25, -0.2) is 0 Å². The Bertz CT molecular complexity index is 827. The van der Waals surface area contributed by atoms with Crippen molar-refractivity contribution < 1.29 is 19.1 Å². The number of hydrogen-bond donors (Lipinski definition) is 0. The Balaban J connectivity index is 1.45. The van der Waals surface area contributed by atoms with Crippen LogP contribution in [0.4, 0.5) is 0 Å². The molecule has 6 heteroatoms. The first-order chi connectivity index (χ1) is 14.1. The van der Waals surface area contributed by atoms with Gasteiger partial charge in [-0.05, 0) is 35.7 Å². The number of hydrogen-bond acceptors (Lipinski definition) is 4. The topological polar surface area (TPSA) is 59.1 Å². The van der Waals surface area contributed by atoms with E-state index in [4.69, 9.17) is 9.47 Å². The fourth-order valence-corrected chi connectivity index (χ4v) is 3.54. The summed E-state index contributed by atoms with van der Waals surface area (Å²) in [6.07, 6.45) is 1.46. The molecule has 3 rings (SSSR count). The van der Waals surface area contributed by atoms with Gasteiger partial charge in [0.15, 0.2) is 0 Å². The zero-order valence-electron chi connectivity index (χ0n) is 17.1. The van der Waals surface area contributed by atoms with E-state index in [1.807, 2.05) is 58.3 Å². The van der Waals surface area contributed by atoms with Crippen LogP contribution in [0.5, 0.6) is 11.5 Å². The van der Waals surface area contributed by atoms with E-state index >= 15 is 0 Å². The number of aryl methyl sites for hydroxylation is 1. The molecule has 1 fully saturated rings. The van der Waals surface area contributed by atoms with Gasteiger partial charge in [-0.3, -0.25) is 9.59 Å². The lowest BCUT2D eigenvalue weighted by molar-refractivity contribution is -0.139. The third-order valence-corrected chi connectivity index (χ3v) is 5.30. The van der Waals surface area contributed by atoms with Crippen LogP contribution in [0.2, 0.25) is 0 Å². The maximum absolute atomic E-state index is 12.6. The van der Waals surface area contributed by atoms with Crippen LogP contribution in [0, 0.1) is 0 Å². The van der Waals surface area contributed by atoms with Gasteiger partial charge >= 0.3 is 0 Å². The first-order valence-corrected chi connectivity index (χ1v) is 9.91. The molecule has 2 aromatic carbocycles. The second-order valence-corrected chi connectivity index (χ2v) is 7.10. The number of amides is 2. The third-order valence-electron chi connectivity index (χ3n) is 5.30. The minimum atomic E-state index is 0.0938. The van der Waals surface area contributed by atoms with Gasteiger partial charge in [0, 0.05) is 32.6 Å². The second-order valence-electron chi connectivity index (χ2n) is 7.10. The number of rotatable bonds is 7. The van der Waals surface area contributed by atoms with E-state index in [2.05, 4.69) is 0 Å². The van der Waals surface area contributed by atoms with Crippen LogP contribution in [0.15, 0.2) is 48.5 Å². The molecule has 0 bridgehead atoms. The highest BCUT2D eigenvalue weighted by molar-refractivity contribution is 5.80. The Morgan fingerprint density at radius 3 is 2.07 bits per heavy atom. The summed E-state index contributed by atoms with van der Waals surface area (Å²) < 4.78 is 10.5. The molecule has 1 aliphatic heterocycles. The fourth-order valence-electron chi connectivity index (χ4n) is 3.54. The number of carbonyl (C=O) groups excluding carboxylic acids is 2. The second kappa shape index (κ2) is 9.96. The summed E-state index contributed by atoms with van der Waals surface area (Å²) >= 11 is 0. The van der Waals surface area contributed by atoms with E-state index in [1.165, 1.54) is 0 Å². The summed E-state index contributed by atoms with van der Waals surface area (Å²) in [7, 11) is 3.26. The molecule has 154 valence electrons. The van der Waals surface area contributed by atoms with Crippen molar-refractivity contribution in [2.24, 2.45) is 0 Å². The van der Waals surface area contributed by atoms with Crippen LogP contribution in [-0.4, -0.2) is 62.0 Å². The fraction of sp³-hybridized carbons (Fsp3) is 0.391. The largest absolute Gasteiger partial charge is 0.497 e. The Morgan fingerprint density at radius 1 is 0.828 bits per heavy atom. The van der Waals surface area contributed by atoms with Crippen LogP contribution < -0.4 is 9.47 Å². The monoisotopic (exact) mass is 396 g/mol. The Hall–Kier alpha value is -3.02. The molecule has 1 saturated heterocycles. The quantitative estimate of drug-likeness (QED) is 0.722. The van der Waals surface area contributed by atoms with Crippen LogP contribution in [0.1, 0.15) is 17.5 Å². The molecule has 2 amide bonds. The van der Waals surface area contributed by atoms with Gasteiger partial charge < -0.3 is 19.3 Å². The molecule has 0 radical (unpaired) electrons. The molecule has 29 heavy (non-hydrogen) atoms. The van der Waals surface area contributed by atoms with E-state index in [0.29, 0.717) is 45.4 Å². The molecule has 1 heterocycles. The van der Waals surface area contributed by atoms with Crippen molar-refractivity contribution in [3.05, 3.63) is 59.7 Å². The third kappa shape index (κ3) is 5.50. The summed E-state index contributed by atoms with van der Waals surface area (Å²) in [4.78, 5) is 28.8. The molecule has 0 unspecified atom stereocenters. The van der Waals surface area contributed by atoms with Crippen molar-refractivity contribution >= 4 is 11.8 Å². The Labute approximate surface area is 172 Å². The predicted molar refractivity (Wildman–Crippen MR) is 111 cm³/mol. The highest BCUT2D eigenvalue weighted by atomic mass is 16.5.